The minimum absolute atomic E-state index is 0. The molecule has 37 heavy (non-hydrogen) atoms. The highest BCUT2D eigenvalue weighted by Gasteiger charge is 2.39. The molecule has 2 atom stereocenters. The molecule has 5 rings (SSSR count). The normalized spacial score (nSPS) is 19.4. The molecule has 1 amide bonds. The minimum Gasteiger partial charge on any atom is -0.371 e. The first kappa shape index (κ1) is 28.8. The number of carbonyl (C=O) groups excluding carboxylic acids is 1. The molecule has 1 saturated carbocycles. The summed E-state index contributed by atoms with van der Waals surface area (Å²) in [4.78, 5) is 14.9. The van der Waals surface area contributed by atoms with Crippen molar-refractivity contribution in [3.63, 3.8) is 0 Å². The number of anilines is 2. The molecule has 9 heteroatoms. The van der Waals surface area contributed by atoms with E-state index in [1.165, 1.54) is 23.4 Å². The van der Waals surface area contributed by atoms with E-state index in [1.807, 2.05) is 30.3 Å². The average Bonchev–Trinajstić information content (AvgIpc) is 3.64. The number of benzene rings is 3. The summed E-state index contributed by atoms with van der Waals surface area (Å²) in [5.41, 5.74) is 2.21. The standard InChI is InChI=1S/C28H28F3N3O.2ClH/c29-28(30,31)21-6-4-5-20(17-21)27(35)33-22-11-9-19(10-12-22)25-18-26(25)32-23-13-15-34(16-14-23)24-7-2-1-3-8-24;;/h1-12,17,23,25-26,32H,13-16,18H2,(H,33,35);2*1H. The molecule has 1 aliphatic carbocycles. The maximum atomic E-state index is 12.9. The maximum absolute atomic E-state index is 12.9. The van der Waals surface area contributed by atoms with E-state index in [2.05, 4.69) is 39.8 Å². The van der Waals surface area contributed by atoms with Crippen LogP contribution in [0, 0.1) is 0 Å². The lowest BCUT2D eigenvalue weighted by atomic mass is 10.0. The van der Waals surface area contributed by atoms with Crippen molar-refractivity contribution in [2.45, 2.75) is 43.4 Å². The van der Waals surface area contributed by atoms with Crippen LogP contribution >= 0.6 is 24.8 Å². The van der Waals surface area contributed by atoms with E-state index in [4.69, 9.17) is 0 Å². The highest BCUT2D eigenvalue weighted by Crippen LogP contribution is 2.42. The summed E-state index contributed by atoms with van der Waals surface area (Å²) in [5, 5.41) is 6.50. The third-order valence-corrected chi connectivity index (χ3v) is 6.91. The largest absolute Gasteiger partial charge is 0.416 e. The Labute approximate surface area is 227 Å². The Hall–Kier alpha value is -2.74. The molecule has 4 nitrogen and oxygen atoms in total. The monoisotopic (exact) mass is 551 g/mol. The van der Waals surface area contributed by atoms with E-state index in [0.29, 0.717) is 23.7 Å². The van der Waals surface area contributed by atoms with Crippen LogP contribution in [0.25, 0.3) is 0 Å². The smallest absolute Gasteiger partial charge is 0.371 e. The molecule has 0 radical (unpaired) electrons. The number of nitrogens with zero attached hydrogens (tertiary/aromatic N) is 1. The van der Waals surface area contributed by atoms with E-state index >= 15 is 0 Å². The van der Waals surface area contributed by atoms with Crippen LogP contribution in [0.2, 0.25) is 0 Å². The summed E-state index contributed by atoms with van der Waals surface area (Å²) in [6, 6.07) is 23.6. The van der Waals surface area contributed by atoms with Crippen LogP contribution < -0.4 is 15.5 Å². The van der Waals surface area contributed by atoms with Crippen molar-refractivity contribution in [1.82, 2.24) is 5.32 Å². The second kappa shape index (κ2) is 12.2. The molecule has 0 spiro atoms. The topological polar surface area (TPSA) is 44.4 Å². The number of hydrogen-bond acceptors (Lipinski definition) is 3. The number of halogens is 5. The lowest BCUT2D eigenvalue weighted by molar-refractivity contribution is -0.137. The Balaban J connectivity index is 0.00000190. The highest BCUT2D eigenvalue weighted by molar-refractivity contribution is 6.04. The minimum atomic E-state index is -4.48. The Morgan fingerprint density at radius 2 is 1.54 bits per heavy atom. The highest BCUT2D eigenvalue weighted by atomic mass is 35.5. The van der Waals surface area contributed by atoms with Crippen LogP contribution in [-0.2, 0) is 6.18 Å². The molecule has 3 aromatic carbocycles. The third-order valence-electron chi connectivity index (χ3n) is 6.91. The number of rotatable bonds is 6. The van der Waals surface area contributed by atoms with Gasteiger partial charge in [-0.1, -0.05) is 36.4 Å². The van der Waals surface area contributed by atoms with Crippen LogP contribution in [0.15, 0.2) is 78.9 Å². The molecule has 2 N–H and O–H groups in total. The first-order valence-corrected chi connectivity index (χ1v) is 12.0. The molecular weight excluding hydrogens is 522 g/mol. The van der Waals surface area contributed by atoms with Gasteiger partial charge in [-0.2, -0.15) is 13.2 Å². The van der Waals surface area contributed by atoms with Crippen LogP contribution in [0.5, 0.6) is 0 Å². The summed E-state index contributed by atoms with van der Waals surface area (Å²) in [7, 11) is 0. The van der Waals surface area contributed by atoms with Gasteiger partial charge in [-0.05, 0) is 67.3 Å². The average molecular weight is 552 g/mol. The van der Waals surface area contributed by atoms with Crippen LogP contribution in [0.1, 0.15) is 46.7 Å². The number of carbonyl (C=O) groups is 1. The van der Waals surface area contributed by atoms with E-state index < -0.39 is 17.6 Å². The molecule has 2 unspecified atom stereocenters. The van der Waals surface area contributed by atoms with Gasteiger partial charge < -0.3 is 15.5 Å². The summed E-state index contributed by atoms with van der Waals surface area (Å²) in [6.45, 7) is 2.11. The molecule has 2 aliphatic rings. The van der Waals surface area contributed by atoms with Gasteiger partial charge in [0.05, 0.1) is 5.56 Å². The SMILES string of the molecule is Cl.Cl.O=C(Nc1ccc(C2CC2NC2CCN(c3ccccc3)CC2)cc1)c1cccc(C(F)(F)F)c1. The number of nitrogens with one attached hydrogen (secondary N) is 2. The zero-order chi connectivity index (χ0) is 24.4. The summed E-state index contributed by atoms with van der Waals surface area (Å²) in [5.74, 6) is -0.105. The first-order chi connectivity index (χ1) is 16.9. The van der Waals surface area contributed by atoms with Crippen molar-refractivity contribution in [1.29, 1.82) is 0 Å². The molecule has 1 saturated heterocycles. The number of hydrogen-bond donors (Lipinski definition) is 2. The van der Waals surface area contributed by atoms with Crippen LogP contribution in [0.3, 0.4) is 0 Å². The summed E-state index contributed by atoms with van der Waals surface area (Å²) in [6.07, 6.45) is -1.14. The van der Waals surface area contributed by atoms with Gasteiger partial charge >= 0.3 is 6.18 Å². The predicted molar refractivity (Wildman–Crippen MR) is 146 cm³/mol. The lowest BCUT2D eigenvalue weighted by Gasteiger charge is -2.34. The quantitative estimate of drug-likeness (QED) is 0.349. The Morgan fingerprint density at radius 3 is 2.19 bits per heavy atom. The van der Waals surface area contributed by atoms with Gasteiger partial charge in [0.1, 0.15) is 0 Å². The lowest BCUT2D eigenvalue weighted by Crippen LogP contribution is -2.43. The molecule has 198 valence electrons. The van der Waals surface area contributed by atoms with E-state index in [1.54, 1.807) is 0 Å². The van der Waals surface area contributed by atoms with Gasteiger partial charge in [-0.3, -0.25) is 4.79 Å². The van der Waals surface area contributed by atoms with Gasteiger partial charge in [0.15, 0.2) is 0 Å². The van der Waals surface area contributed by atoms with Crippen molar-refractivity contribution < 1.29 is 18.0 Å². The zero-order valence-corrected chi connectivity index (χ0v) is 21.7. The van der Waals surface area contributed by atoms with E-state index in [9.17, 15) is 18.0 Å². The fraction of sp³-hybridized carbons (Fsp3) is 0.321. The Bertz CT molecular complexity index is 1170. The second-order valence-corrected chi connectivity index (χ2v) is 9.37. The van der Waals surface area contributed by atoms with Crippen molar-refractivity contribution in [3.8, 4) is 0 Å². The van der Waals surface area contributed by atoms with Crippen molar-refractivity contribution in [3.05, 3.63) is 95.6 Å². The van der Waals surface area contributed by atoms with Crippen molar-refractivity contribution >= 4 is 42.1 Å². The fourth-order valence-corrected chi connectivity index (χ4v) is 4.85. The van der Waals surface area contributed by atoms with Crippen molar-refractivity contribution in [2.24, 2.45) is 0 Å². The molecule has 3 aromatic rings. The number of para-hydroxylation sites is 1. The van der Waals surface area contributed by atoms with E-state index in [-0.39, 0.29) is 30.4 Å². The first-order valence-electron chi connectivity index (χ1n) is 12.0. The number of piperidine rings is 1. The van der Waals surface area contributed by atoms with Crippen LogP contribution in [-0.4, -0.2) is 31.1 Å². The predicted octanol–water partition coefficient (Wildman–Crippen LogP) is 6.92. The van der Waals surface area contributed by atoms with Gasteiger partial charge in [-0.15, -0.1) is 24.8 Å². The van der Waals surface area contributed by atoms with Gasteiger partial charge in [-0.25, -0.2) is 0 Å². The maximum Gasteiger partial charge on any atom is 0.416 e. The molecular formula is C28H30Cl2F3N3O. The zero-order valence-electron chi connectivity index (χ0n) is 20.1. The fourth-order valence-electron chi connectivity index (χ4n) is 4.85. The summed E-state index contributed by atoms with van der Waals surface area (Å²) < 4.78 is 38.7. The van der Waals surface area contributed by atoms with Gasteiger partial charge in [0.2, 0.25) is 0 Å². The Kier molecular flexibility index (Phi) is 9.51. The van der Waals surface area contributed by atoms with Gasteiger partial charge in [0, 0.05) is 48.0 Å². The van der Waals surface area contributed by atoms with E-state index in [0.717, 1.165) is 44.5 Å². The molecule has 2 fully saturated rings. The molecule has 1 aliphatic heterocycles. The Morgan fingerprint density at radius 1 is 0.865 bits per heavy atom. The number of alkyl halides is 3. The summed E-state index contributed by atoms with van der Waals surface area (Å²) >= 11 is 0. The molecule has 0 bridgehead atoms. The van der Waals surface area contributed by atoms with Crippen LogP contribution in [0.4, 0.5) is 24.5 Å². The second-order valence-electron chi connectivity index (χ2n) is 9.37. The third kappa shape index (κ3) is 7.18. The van der Waals surface area contributed by atoms with Crippen molar-refractivity contribution in [2.75, 3.05) is 23.3 Å². The number of amides is 1. The molecule has 1 heterocycles. The molecule has 0 aromatic heterocycles. The van der Waals surface area contributed by atoms with Gasteiger partial charge in [0.25, 0.3) is 5.91 Å².